The van der Waals surface area contributed by atoms with E-state index >= 15 is 0 Å². The summed E-state index contributed by atoms with van der Waals surface area (Å²) >= 11 is 6.11. The van der Waals surface area contributed by atoms with Crippen LogP contribution in [0.15, 0.2) is 18.2 Å². The Bertz CT molecular complexity index is 587. The molecule has 120 valence electrons. The van der Waals surface area contributed by atoms with Crippen LogP contribution in [0.2, 0.25) is 5.02 Å². The largest absolute Gasteiger partial charge is 0.326 e. The van der Waals surface area contributed by atoms with Crippen LogP contribution in [-0.2, 0) is 9.59 Å². The van der Waals surface area contributed by atoms with Crippen molar-refractivity contribution in [3.63, 3.8) is 0 Å². The highest BCUT2D eigenvalue weighted by atomic mass is 35.5. The first kappa shape index (κ1) is 16.8. The summed E-state index contributed by atoms with van der Waals surface area (Å²) in [5, 5.41) is 5.88. The number of rotatable bonds is 3. The molecule has 0 spiro atoms. The summed E-state index contributed by atoms with van der Waals surface area (Å²) in [6.07, 6.45) is 3.74. The van der Waals surface area contributed by atoms with Gasteiger partial charge >= 0.3 is 0 Å². The number of nitrogens with two attached hydrogens (primary N) is 1. The number of hydrogen-bond acceptors (Lipinski definition) is 3. The molecule has 0 aromatic heterocycles. The van der Waals surface area contributed by atoms with Crippen LogP contribution in [0.3, 0.4) is 0 Å². The third kappa shape index (κ3) is 3.99. The average Bonchev–Trinajstić information content (AvgIpc) is 2.40. The number of anilines is 2. The van der Waals surface area contributed by atoms with Crippen LogP contribution in [0.4, 0.5) is 11.4 Å². The van der Waals surface area contributed by atoms with Crippen LogP contribution in [-0.4, -0.2) is 17.4 Å². The zero-order valence-electron chi connectivity index (χ0n) is 12.9. The number of carbonyl (C=O) groups is 2. The predicted octanol–water partition coefficient (Wildman–Crippen LogP) is 3.14. The van der Waals surface area contributed by atoms with E-state index in [0.717, 1.165) is 25.7 Å². The van der Waals surface area contributed by atoms with Crippen molar-refractivity contribution >= 4 is 34.8 Å². The SMILES string of the molecule is CC(=O)Nc1ccc(NC(=O)C2CCCCC2(C)N)cc1Cl. The molecular weight excluding hydrogens is 302 g/mol. The van der Waals surface area contributed by atoms with E-state index in [1.807, 2.05) is 6.92 Å². The molecule has 1 aliphatic carbocycles. The summed E-state index contributed by atoms with van der Waals surface area (Å²) in [6, 6.07) is 5.01. The molecule has 4 N–H and O–H groups in total. The second-order valence-corrected chi connectivity index (χ2v) is 6.58. The Kier molecular flexibility index (Phi) is 5.08. The van der Waals surface area contributed by atoms with Crippen LogP contribution in [0.25, 0.3) is 0 Å². The molecule has 6 heteroatoms. The van der Waals surface area contributed by atoms with Crippen molar-refractivity contribution in [2.24, 2.45) is 11.7 Å². The number of halogens is 1. The molecule has 5 nitrogen and oxygen atoms in total. The summed E-state index contributed by atoms with van der Waals surface area (Å²) < 4.78 is 0. The molecule has 0 aliphatic heterocycles. The van der Waals surface area contributed by atoms with Crippen molar-refractivity contribution in [3.8, 4) is 0 Å². The number of carbonyl (C=O) groups excluding carboxylic acids is 2. The van der Waals surface area contributed by atoms with Crippen LogP contribution < -0.4 is 16.4 Å². The van der Waals surface area contributed by atoms with Gasteiger partial charge < -0.3 is 16.4 Å². The van der Waals surface area contributed by atoms with E-state index < -0.39 is 5.54 Å². The van der Waals surface area contributed by atoms with Crippen LogP contribution in [0.5, 0.6) is 0 Å². The highest BCUT2D eigenvalue weighted by molar-refractivity contribution is 6.34. The Morgan fingerprint density at radius 3 is 2.64 bits per heavy atom. The van der Waals surface area contributed by atoms with Gasteiger partial charge in [0.15, 0.2) is 0 Å². The van der Waals surface area contributed by atoms with Crippen LogP contribution in [0.1, 0.15) is 39.5 Å². The third-order valence-electron chi connectivity index (χ3n) is 4.12. The highest BCUT2D eigenvalue weighted by Crippen LogP contribution is 2.33. The van der Waals surface area contributed by atoms with Gasteiger partial charge in [0.1, 0.15) is 0 Å². The minimum Gasteiger partial charge on any atom is -0.326 e. The summed E-state index contributed by atoms with van der Waals surface area (Å²) in [4.78, 5) is 23.5. The Labute approximate surface area is 135 Å². The molecular formula is C16H22ClN3O2. The van der Waals surface area contributed by atoms with Gasteiger partial charge in [0, 0.05) is 18.2 Å². The van der Waals surface area contributed by atoms with E-state index in [1.54, 1.807) is 18.2 Å². The van der Waals surface area contributed by atoms with Gasteiger partial charge in [-0.1, -0.05) is 24.4 Å². The van der Waals surface area contributed by atoms with Crippen molar-refractivity contribution in [3.05, 3.63) is 23.2 Å². The minimum absolute atomic E-state index is 0.0759. The monoisotopic (exact) mass is 323 g/mol. The van der Waals surface area contributed by atoms with Crippen molar-refractivity contribution < 1.29 is 9.59 Å². The van der Waals surface area contributed by atoms with E-state index in [0.29, 0.717) is 16.4 Å². The second kappa shape index (κ2) is 6.67. The van der Waals surface area contributed by atoms with Crippen LogP contribution >= 0.6 is 11.6 Å². The van der Waals surface area contributed by atoms with Crippen molar-refractivity contribution in [1.82, 2.24) is 0 Å². The molecule has 0 bridgehead atoms. The van der Waals surface area contributed by atoms with Gasteiger partial charge in [0.2, 0.25) is 11.8 Å². The van der Waals surface area contributed by atoms with Gasteiger partial charge in [-0.2, -0.15) is 0 Å². The van der Waals surface area contributed by atoms with Gasteiger partial charge in [-0.15, -0.1) is 0 Å². The molecule has 2 atom stereocenters. The molecule has 0 radical (unpaired) electrons. The normalized spacial score (nSPS) is 24.6. The summed E-state index contributed by atoms with van der Waals surface area (Å²) in [5.41, 5.74) is 6.91. The molecule has 0 saturated heterocycles. The van der Waals surface area contributed by atoms with Gasteiger partial charge in [-0.25, -0.2) is 0 Å². The fourth-order valence-electron chi connectivity index (χ4n) is 2.90. The first-order valence-electron chi connectivity index (χ1n) is 7.46. The lowest BCUT2D eigenvalue weighted by molar-refractivity contribution is -0.122. The fraction of sp³-hybridized carbons (Fsp3) is 0.500. The van der Waals surface area contributed by atoms with E-state index in [-0.39, 0.29) is 17.7 Å². The quantitative estimate of drug-likeness (QED) is 0.799. The maximum absolute atomic E-state index is 12.5. The highest BCUT2D eigenvalue weighted by Gasteiger charge is 2.37. The number of amides is 2. The van der Waals surface area contributed by atoms with Gasteiger partial charge in [-0.05, 0) is 38.0 Å². The zero-order chi connectivity index (χ0) is 16.3. The van der Waals surface area contributed by atoms with Gasteiger partial charge in [-0.3, -0.25) is 9.59 Å². The Morgan fingerprint density at radius 2 is 2.05 bits per heavy atom. The second-order valence-electron chi connectivity index (χ2n) is 6.17. The summed E-state index contributed by atoms with van der Waals surface area (Å²) in [5.74, 6) is -0.470. The Balaban J connectivity index is 2.08. The molecule has 2 unspecified atom stereocenters. The molecule has 22 heavy (non-hydrogen) atoms. The third-order valence-corrected chi connectivity index (χ3v) is 4.43. The maximum Gasteiger partial charge on any atom is 0.229 e. The van der Waals surface area contributed by atoms with Crippen molar-refractivity contribution in [2.45, 2.75) is 45.1 Å². The Morgan fingerprint density at radius 1 is 1.32 bits per heavy atom. The summed E-state index contributed by atoms with van der Waals surface area (Å²) in [7, 11) is 0. The summed E-state index contributed by atoms with van der Waals surface area (Å²) in [6.45, 7) is 3.35. The molecule has 2 rings (SSSR count). The number of hydrogen-bond donors (Lipinski definition) is 3. The van der Waals surface area contributed by atoms with Crippen molar-refractivity contribution in [1.29, 1.82) is 0 Å². The zero-order valence-corrected chi connectivity index (χ0v) is 13.7. The van der Waals surface area contributed by atoms with Gasteiger partial charge in [0.05, 0.1) is 16.6 Å². The fourth-order valence-corrected chi connectivity index (χ4v) is 3.13. The lowest BCUT2D eigenvalue weighted by Crippen LogP contribution is -2.51. The molecule has 2 amide bonds. The topological polar surface area (TPSA) is 84.2 Å². The number of benzene rings is 1. The number of nitrogens with one attached hydrogen (secondary N) is 2. The Hall–Kier alpha value is -1.59. The first-order chi connectivity index (χ1) is 10.3. The standard InChI is InChI=1S/C16H22ClN3O2/c1-10(21)19-14-7-6-11(9-13(14)17)20-15(22)12-5-3-4-8-16(12,2)18/h6-7,9,12H,3-5,8,18H2,1-2H3,(H,19,21)(H,20,22). The molecule has 1 fully saturated rings. The molecule has 1 aromatic rings. The van der Waals surface area contributed by atoms with E-state index in [1.165, 1.54) is 6.92 Å². The maximum atomic E-state index is 12.5. The molecule has 1 aliphatic rings. The smallest absolute Gasteiger partial charge is 0.229 e. The lowest BCUT2D eigenvalue weighted by atomic mass is 9.74. The molecule has 1 saturated carbocycles. The average molecular weight is 324 g/mol. The molecule has 1 aromatic carbocycles. The van der Waals surface area contributed by atoms with Crippen LogP contribution in [0, 0.1) is 5.92 Å². The lowest BCUT2D eigenvalue weighted by Gasteiger charge is -2.37. The van der Waals surface area contributed by atoms with E-state index in [9.17, 15) is 9.59 Å². The molecule has 0 heterocycles. The predicted molar refractivity (Wildman–Crippen MR) is 88.9 cm³/mol. The van der Waals surface area contributed by atoms with E-state index in [2.05, 4.69) is 10.6 Å². The minimum atomic E-state index is -0.470. The van der Waals surface area contributed by atoms with E-state index in [4.69, 9.17) is 17.3 Å². The van der Waals surface area contributed by atoms with Gasteiger partial charge in [0.25, 0.3) is 0 Å². The first-order valence-corrected chi connectivity index (χ1v) is 7.84. The van der Waals surface area contributed by atoms with Crippen molar-refractivity contribution in [2.75, 3.05) is 10.6 Å².